The lowest BCUT2D eigenvalue weighted by molar-refractivity contribution is -0.149. The molecular formula is C38H53N7O8. The van der Waals surface area contributed by atoms with Gasteiger partial charge in [-0.3, -0.25) is 28.8 Å². The SMILES string of the molecule is CC(C)C[C@H](NC(=O)[C@@H](N)CC(N)=O)C(=O)N[C@@H](Cc1ccccc1)C(=O)N[C@H](C(=O)N[C@@H](Cc1ccccc1)C(=O)N1CCC[C@H]1C(=O)O)C(C)C. The van der Waals surface area contributed by atoms with Gasteiger partial charge in [0.2, 0.25) is 35.4 Å². The van der Waals surface area contributed by atoms with Gasteiger partial charge < -0.3 is 42.7 Å². The summed E-state index contributed by atoms with van der Waals surface area (Å²) in [6, 6.07) is 11.0. The van der Waals surface area contributed by atoms with Crippen molar-refractivity contribution in [2.24, 2.45) is 23.3 Å². The molecule has 9 N–H and O–H groups in total. The van der Waals surface area contributed by atoms with Gasteiger partial charge in [-0.05, 0) is 42.2 Å². The van der Waals surface area contributed by atoms with E-state index in [9.17, 15) is 38.7 Å². The van der Waals surface area contributed by atoms with Gasteiger partial charge in [-0.25, -0.2) is 4.79 Å². The van der Waals surface area contributed by atoms with Crippen molar-refractivity contribution in [2.75, 3.05) is 6.54 Å². The van der Waals surface area contributed by atoms with Crippen LogP contribution in [0.3, 0.4) is 0 Å². The largest absolute Gasteiger partial charge is 0.480 e. The average Bonchev–Trinajstić information content (AvgIpc) is 3.60. The summed E-state index contributed by atoms with van der Waals surface area (Å²) in [5.41, 5.74) is 12.5. The number of carbonyl (C=O) groups excluding carboxylic acids is 6. The lowest BCUT2D eigenvalue weighted by Crippen LogP contribution is -2.61. The molecule has 1 aliphatic rings. The molecule has 1 aliphatic heterocycles. The van der Waals surface area contributed by atoms with Crippen molar-refractivity contribution in [3.8, 4) is 0 Å². The minimum atomic E-state index is -1.28. The summed E-state index contributed by atoms with van der Waals surface area (Å²) in [4.78, 5) is 92.8. The van der Waals surface area contributed by atoms with Crippen LogP contribution < -0.4 is 32.7 Å². The molecule has 53 heavy (non-hydrogen) atoms. The van der Waals surface area contributed by atoms with Gasteiger partial charge in [0.25, 0.3) is 0 Å². The van der Waals surface area contributed by atoms with E-state index < -0.39 is 90.0 Å². The van der Waals surface area contributed by atoms with Crippen molar-refractivity contribution in [3.05, 3.63) is 71.8 Å². The smallest absolute Gasteiger partial charge is 0.326 e. The zero-order valence-corrected chi connectivity index (χ0v) is 30.7. The summed E-state index contributed by atoms with van der Waals surface area (Å²) in [7, 11) is 0. The molecule has 0 saturated carbocycles. The molecule has 0 spiro atoms. The van der Waals surface area contributed by atoms with Crippen LogP contribution in [0.15, 0.2) is 60.7 Å². The van der Waals surface area contributed by atoms with Crippen LogP contribution in [0.1, 0.15) is 64.5 Å². The lowest BCUT2D eigenvalue weighted by Gasteiger charge is -2.30. The number of nitrogens with two attached hydrogens (primary N) is 2. The molecule has 1 heterocycles. The number of primary amides is 1. The van der Waals surface area contributed by atoms with Crippen LogP contribution in [0.4, 0.5) is 0 Å². The van der Waals surface area contributed by atoms with Crippen molar-refractivity contribution in [1.29, 1.82) is 0 Å². The second-order valence-corrected chi connectivity index (χ2v) is 14.2. The van der Waals surface area contributed by atoms with E-state index in [-0.39, 0.29) is 31.7 Å². The van der Waals surface area contributed by atoms with Crippen LogP contribution in [0.2, 0.25) is 0 Å². The highest BCUT2D eigenvalue weighted by molar-refractivity contribution is 5.97. The quantitative estimate of drug-likeness (QED) is 0.105. The molecule has 2 aromatic rings. The molecule has 0 bridgehead atoms. The minimum Gasteiger partial charge on any atom is -0.480 e. The van der Waals surface area contributed by atoms with Gasteiger partial charge in [0.15, 0.2) is 0 Å². The Morgan fingerprint density at radius 2 is 1.25 bits per heavy atom. The van der Waals surface area contributed by atoms with Gasteiger partial charge in [0, 0.05) is 19.4 Å². The molecule has 0 aliphatic carbocycles. The van der Waals surface area contributed by atoms with Gasteiger partial charge >= 0.3 is 5.97 Å². The number of carboxylic acids is 1. The monoisotopic (exact) mass is 735 g/mol. The van der Waals surface area contributed by atoms with Gasteiger partial charge in [-0.15, -0.1) is 0 Å². The number of benzene rings is 2. The number of carbonyl (C=O) groups is 7. The molecule has 1 fully saturated rings. The number of aliphatic carboxylic acids is 1. The highest BCUT2D eigenvalue weighted by atomic mass is 16.4. The summed E-state index contributed by atoms with van der Waals surface area (Å²) in [6.07, 6.45) is 0.703. The second kappa shape index (κ2) is 20.1. The number of rotatable bonds is 19. The fourth-order valence-electron chi connectivity index (χ4n) is 6.21. The first kappa shape index (κ1) is 42.1. The van der Waals surface area contributed by atoms with Crippen molar-refractivity contribution in [2.45, 2.75) is 102 Å². The van der Waals surface area contributed by atoms with Crippen LogP contribution in [-0.2, 0) is 46.4 Å². The third-order valence-electron chi connectivity index (χ3n) is 8.98. The Labute approximate surface area is 310 Å². The number of hydrogen-bond donors (Lipinski definition) is 7. The van der Waals surface area contributed by atoms with E-state index in [4.69, 9.17) is 11.5 Å². The summed E-state index contributed by atoms with van der Waals surface area (Å²) >= 11 is 0. The van der Waals surface area contributed by atoms with E-state index in [2.05, 4.69) is 21.3 Å². The molecule has 15 nitrogen and oxygen atoms in total. The predicted molar refractivity (Wildman–Crippen MR) is 196 cm³/mol. The number of hydrogen-bond acceptors (Lipinski definition) is 8. The average molecular weight is 736 g/mol. The molecule has 288 valence electrons. The zero-order chi connectivity index (χ0) is 39.2. The molecule has 6 atom stereocenters. The molecular weight excluding hydrogens is 682 g/mol. The Morgan fingerprint density at radius 1 is 0.736 bits per heavy atom. The van der Waals surface area contributed by atoms with Gasteiger partial charge in [-0.1, -0.05) is 88.4 Å². The van der Waals surface area contributed by atoms with Crippen LogP contribution in [0.25, 0.3) is 0 Å². The minimum absolute atomic E-state index is 0.0367. The summed E-state index contributed by atoms with van der Waals surface area (Å²) < 4.78 is 0. The number of amides is 6. The van der Waals surface area contributed by atoms with E-state index in [1.165, 1.54) is 4.90 Å². The fourth-order valence-corrected chi connectivity index (χ4v) is 6.21. The third-order valence-corrected chi connectivity index (χ3v) is 8.98. The van der Waals surface area contributed by atoms with Gasteiger partial charge in [-0.2, -0.15) is 0 Å². The number of nitrogens with zero attached hydrogens (tertiary/aromatic N) is 1. The molecule has 1 saturated heterocycles. The van der Waals surface area contributed by atoms with Gasteiger partial charge in [0.1, 0.15) is 30.2 Å². The van der Waals surface area contributed by atoms with Crippen LogP contribution in [0, 0.1) is 11.8 Å². The maximum absolute atomic E-state index is 14.0. The molecule has 0 radical (unpaired) electrons. The number of nitrogens with one attached hydrogen (secondary N) is 4. The van der Waals surface area contributed by atoms with E-state index in [1.807, 2.05) is 19.9 Å². The summed E-state index contributed by atoms with van der Waals surface area (Å²) in [5, 5.41) is 20.6. The maximum atomic E-state index is 14.0. The van der Waals surface area contributed by atoms with Gasteiger partial charge in [0.05, 0.1) is 12.5 Å². The Morgan fingerprint density at radius 3 is 1.75 bits per heavy atom. The van der Waals surface area contributed by atoms with Crippen molar-refractivity contribution >= 4 is 41.4 Å². The van der Waals surface area contributed by atoms with E-state index >= 15 is 0 Å². The normalized spacial score (nSPS) is 16.9. The van der Waals surface area contributed by atoms with E-state index in [0.29, 0.717) is 18.4 Å². The molecule has 6 amide bonds. The first-order valence-corrected chi connectivity index (χ1v) is 17.9. The summed E-state index contributed by atoms with van der Waals surface area (Å²) in [6.45, 7) is 7.35. The first-order valence-electron chi connectivity index (χ1n) is 17.9. The van der Waals surface area contributed by atoms with Crippen LogP contribution >= 0.6 is 0 Å². The number of carboxylic acid groups (broad SMARTS) is 1. The Kier molecular flexibility index (Phi) is 15.9. The first-order chi connectivity index (χ1) is 25.1. The lowest BCUT2D eigenvalue weighted by atomic mass is 9.98. The highest BCUT2D eigenvalue weighted by Gasteiger charge is 2.39. The maximum Gasteiger partial charge on any atom is 0.326 e. The van der Waals surface area contributed by atoms with E-state index in [1.54, 1.807) is 68.4 Å². The van der Waals surface area contributed by atoms with Crippen LogP contribution in [-0.4, -0.2) is 94.2 Å². The number of likely N-dealkylation sites (tertiary alicyclic amines) is 1. The standard InChI is InChI=1S/C38H53N7O8/c1-22(2)18-27(41-33(47)26(39)21-31(40)46)34(48)42-28(19-24-12-7-5-8-13-24)35(49)44-32(23(3)4)36(50)43-29(20-25-14-9-6-10-15-25)37(51)45-17-11-16-30(45)38(52)53/h5-10,12-15,22-23,26-30,32H,11,16-21,39H2,1-4H3,(H2,40,46)(H,41,47)(H,42,48)(H,43,50)(H,44,49)(H,52,53)/t26-,27-,28-,29-,30-,32-/m0/s1. The molecule has 0 aromatic heterocycles. The Balaban J connectivity index is 1.86. The Hall–Kier alpha value is -5.31. The second-order valence-electron chi connectivity index (χ2n) is 14.2. The molecule has 0 unspecified atom stereocenters. The zero-order valence-electron chi connectivity index (χ0n) is 30.7. The van der Waals surface area contributed by atoms with E-state index in [0.717, 1.165) is 5.56 Å². The fraction of sp³-hybridized carbons (Fsp3) is 0.500. The molecule has 3 rings (SSSR count). The Bertz CT molecular complexity index is 1590. The predicted octanol–water partition coefficient (Wildman–Crippen LogP) is 0.391. The topological polar surface area (TPSA) is 243 Å². The van der Waals surface area contributed by atoms with Crippen molar-refractivity contribution in [3.63, 3.8) is 0 Å². The third kappa shape index (κ3) is 13.0. The molecule has 15 heteroatoms. The summed E-state index contributed by atoms with van der Waals surface area (Å²) in [5.74, 6) is -5.76. The van der Waals surface area contributed by atoms with Crippen LogP contribution in [0.5, 0.6) is 0 Å². The van der Waals surface area contributed by atoms with Crippen molar-refractivity contribution < 1.29 is 38.7 Å². The van der Waals surface area contributed by atoms with Crippen molar-refractivity contribution in [1.82, 2.24) is 26.2 Å². The molecule has 2 aromatic carbocycles. The highest BCUT2D eigenvalue weighted by Crippen LogP contribution is 2.20.